The molecule has 0 saturated carbocycles. The number of nitrogens with zero attached hydrogens (tertiary/aromatic N) is 4. The first kappa shape index (κ1) is 21.8. The first-order valence-electron chi connectivity index (χ1n) is 11.3. The quantitative estimate of drug-likeness (QED) is 0.678. The second-order valence-electron chi connectivity index (χ2n) is 8.42. The Morgan fingerprint density at radius 2 is 1.77 bits per heavy atom. The SMILES string of the molecule is CCn1cc2c(c1)C(OC)CCN(CCCN1CCN(c3ccc(F)cc3)CC1)C2=O. The van der Waals surface area contributed by atoms with Crippen LogP contribution in [0.25, 0.3) is 0 Å². The van der Waals surface area contributed by atoms with Crippen molar-refractivity contribution in [1.82, 2.24) is 14.4 Å². The van der Waals surface area contributed by atoms with E-state index in [1.807, 2.05) is 23.2 Å². The molecule has 4 rings (SSSR count). The number of aromatic nitrogens is 1. The molecule has 1 fully saturated rings. The van der Waals surface area contributed by atoms with Gasteiger partial charge in [0.1, 0.15) is 5.82 Å². The molecule has 1 atom stereocenters. The van der Waals surface area contributed by atoms with Crippen molar-refractivity contribution in [2.75, 3.05) is 57.8 Å². The average Bonchev–Trinajstić information content (AvgIpc) is 3.18. The van der Waals surface area contributed by atoms with Crippen LogP contribution in [0, 0.1) is 5.82 Å². The molecule has 1 amide bonds. The Labute approximate surface area is 184 Å². The lowest BCUT2D eigenvalue weighted by atomic mass is 10.1. The molecule has 0 spiro atoms. The zero-order chi connectivity index (χ0) is 21.8. The van der Waals surface area contributed by atoms with Crippen LogP contribution in [0.3, 0.4) is 0 Å². The number of methoxy groups -OCH3 is 1. The highest BCUT2D eigenvalue weighted by molar-refractivity contribution is 5.96. The molecule has 31 heavy (non-hydrogen) atoms. The Hall–Kier alpha value is -2.38. The van der Waals surface area contributed by atoms with Crippen LogP contribution in [-0.2, 0) is 11.3 Å². The van der Waals surface area contributed by atoms with E-state index in [2.05, 4.69) is 27.5 Å². The fourth-order valence-corrected chi connectivity index (χ4v) is 4.67. The molecule has 1 aromatic heterocycles. The third-order valence-electron chi connectivity index (χ3n) is 6.55. The number of carbonyl (C=O) groups is 1. The molecule has 1 unspecified atom stereocenters. The van der Waals surface area contributed by atoms with Crippen LogP contribution in [0.1, 0.15) is 41.8 Å². The summed E-state index contributed by atoms with van der Waals surface area (Å²) in [6.45, 7) is 9.27. The second-order valence-corrected chi connectivity index (χ2v) is 8.42. The maximum absolute atomic E-state index is 13.1. The maximum Gasteiger partial charge on any atom is 0.255 e. The van der Waals surface area contributed by atoms with Gasteiger partial charge in [0.2, 0.25) is 0 Å². The Morgan fingerprint density at radius 3 is 2.45 bits per heavy atom. The number of carbonyl (C=O) groups excluding carboxylic acids is 1. The summed E-state index contributed by atoms with van der Waals surface area (Å²) >= 11 is 0. The third-order valence-corrected chi connectivity index (χ3v) is 6.55. The average molecular weight is 429 g/mol. The molecule has 2 aliphatic heterocycles. The van der Waals surface area contributed by atoms with Gasteiger partial charge in [-0.15, -0.1) is 0 Å². The van der Waals surface area contributed by atoms with E-state index >= 15 is 0 Å². The van der Waals surface area contributed by atoms with Gasteiger partial charge in [0.25, 0.3) is 5.91 Å². The lowest BCUT2D eigenvalue weighted by Gasteiger charge is -2.36. The van der Waals surface area contributed by atoms with Crippen molar-refractivity contribution in [2.24, 2.45) is 0 Å². The van der Waals surface area contributed by atoms with E-state index in [0.717, 1.165) is 82.0 Å². The molecule has 2 aliphatic rings. The number of hydrogen-bond acceptors (Lipinski definition) is 4. The smallest absolute Gasteiger partial charge is 0.255 e. The molecule has 0 aliphatic carbocycles. The summed E-state index contributed by atoms with van der Waals surface area (Å²) in [7, 11) is 1.73. The summed E-state index contributed by atoms with van der Waals surface area (Å²) in [5.74, 6) is -0.0662. The summed E-state index contributed by atoms with van der Waals surface area (Å²) in [5, 5.41) is 0. The van der Waals surface area contributed by atoms with Gasteiger partial charge < -0.3 is 19.1 Å². The largest absolute Gasteiger partial charge is 0.377 e. The lowest BCUT2D eigenvalue weighted by Crippen LogP contribution is -2.47. The molecule has 1 saturated heterocycles. The second kappa shape index (κ2) is 9.83. The van der Waals surface area contributed by atoms with E-state index in [1.54, 1.807) is 7.11 Å². The van der Waals surface area contributed by atoms with Gasteiger partial charge in [-0.1, -0.05) is 0 Å². The Balaban J connectivity index is 1.28. The molecular weight excluding hydrogens is 395 g/mol. The highest BCUT2D eigenvalue weighted by Crippen LogP contribution is 2.30. The van der Waals surface area contributed by atoms with E-state index in [-0.39, 0.29) is 17.8 Å². The Bertz CT molecular complexity index is 874. The van der Waals surface area contributed by atoms with Crippen molar-refractivity contribution >= 4 is 11.6 Å². The summed E-state index contributed by atoms with van der Waals surface area (Å²) < 4.78 is 20.9. The summed E-state index contributed by atoms with van der Waals surface area (Å²) in [4.78, 5) is 19.9. The Morgan fingerprint density at radius 1 is 1.03 bits per heavy atom. The van der Waals surface area contributed by atoms with Gasteiger partial charge in [0.05, 0.1) is 11.7 Å². The van der Waals surface area contributed by atoms with Crippen molar-refractivity contribution in [3.05, 3.63) is 53.6 Å². The minimum atomic E-state index is -0.194. The highest BCUT2D eigenvalue weighted by atomic mass is 19.1. The molecule has 168 valence electrons. The molecule has 1 aromatic carbocycles. The predicted octanol–water partition coefficient (Wildman–Crippen LogP) is 3.39. The van der Waals surface area contributed by atoms with Gasteiger partial charge in [0.15, 0.2) is 0 Å². The summed E-state index contributed by atoms with van der Waals surface area (Å²) in [6.07, 6.45) is 5.81. The number of piperazine rings is 1. The number of aryl methyl sites for hydroxylation is 1. The van der Waals surface area contributed by atoms with Crippen LogP contribution in [-0.4, -0.2) is 73.2 Å². The molecule has 0 radical (unpaired) electrons. The molecular formula is C24H33FN4O2. The molecule has 6 nitrogen and oxygen atoms in total. The molecule has 3 heterocycles. The van der Waals surface area contributed by atoms with Crippen LogP contribution in [0.5, 0.6) is 0 Å². The van der Waals surface area contributed by atoms with Crippen molar-refractivity contribution < 1.29 is 13.9 Å². The first-order valence-corrected chi connectivity index (χ1v) is 11.3. The minimum absolute atomic E-state index is 0.0173. The molecule has 0 N–H and O–H groups in total. The first-order chi connectivity index (χ1) is 15.1. The van der Waals surface area contributed by atoms with Crippen molar-refractivity contribution in [3.63, 3.8) is 0 Å². The van der Waals surface area contributed by atoms with Gasteiger partial charge in [-0.05, 0) is 50.6 Å². The number of anilines is 1. The molecule has 7 heteroatoms. The van der Waals surface area contributed by atoms with Crippen LogP contribution in [0.2, 0.25) is 0 Å². The summed E-state index contributed by atoms with van der Waals surface area (Å²) in [5.41, 5.74) is 2.90. The van der Waals surface area contributed by atoms with E-state index in [9.17, 15) is 9.18 Å². The standard InChI is InChI=1S/C24H33FN4O2/c1-3-26-17-21-22(18-26)24(30)29(12-9-23(21)31-2)11-4-10-27-13-15-28(16-14-27)20-7-5-19(25)6-8-20/h5-8,17-18,23H,3-4,9-16H2,1-2H3. The van der Waals surface area contributed by atoms with Crippen molar-refractivity contribution in [2.45, 2.75) is 32.4 Å². The minimum Gasteiger partial charge on any atom is -0.377 e. The highest BCUT2D eigenvalue weighted by Gasteiger charge is 2.29. The van der Waals surface area contributed by atoms with Crippen molar-refractivity contribution in [1.29, 1.82) is 0 Å². The van der Waals surface area contributed by atoms with E-state index in [1.165, 1.54) is 12.1 Å². The number of fused-ring (bicyclic) bond motifs is 1. The van der Waals surface area contributed by atoms with Gasteiger partial charge >= 0.3 is 0 Å². The van der Waals surface area contributed by atoms with E-state index in [0.29, 0.717) is 0 Å². The van der Waals surface area contributed by atoms with Crippen LogP contribution < -0.4 is 4.90 Å². The number of amides is 1. The fourth-order valence-electron chi connectivity index (χ4n) is 4.67. The number of hydrogen-bond donors (Lipinski definition) is 0. The fraction of sp³-hybridized carbons (Fsp3) is 0.542. The normalized spacial score (nSPS) is 20.1. The van der Waals surface area contributed by atoms with Gasteiger partial charge in [0, 0.05) is 76.6 Å². The predicted molar refractivity (Wildman–Crippen MR) is 120 cm³/mol. The van der Waals surface area contributed by atoms with E-state index in [4.69, 9.17) is 4.74 Å². The Kier molecular flexibility index (Phi) is 6.92. The zero-order valence-corrected chi connectivity index (χ0v) is 18.6. The lowest BCUT2D eigenvalue weighted by molar-refractivity contribution is 0.0697. The van der Waals surface area contributed by atoms with E-state index < -0.39 is 0 Å². The zero-order valence-electron chi connectivity index (χ0n) is 18.6. The van der Waals surface area contributed by atoms with Gasteiger partial charge in [-0.25, -0.2) is 4.39 Å². The number of ether oxygens (including phenoxy) is 1. The maximum atomic E-state index is 13.1. The molecule has 2 aromatic rings. The topological polar surface area (TPSA) is 41.0 Å². The summed E-state index contributed by atoms with van der Waals surface area (Å²) in [6, 6.07) is 6.74. The van der Waals surface area contributed by atoms with Crippen LogP contribution in [0.4, 0.5) is 10.1 Å². The van der Waals surface area contributed by atoms with Crippen molar-refractivity contribution in [3.8, 4) is 0 Å². The number of halogens is 1. The third kappa shape index (κ3) is 4.93. The van der Waals surface area contributed by atoms with Gasteiger partial charge in [-0.2, -0.15) is 0 Å². The van der Waals surface area contributed by atoms with Crippen LogP contribution >= 0.6 is 0 Å². The molecule has 0 bridgehead atoms. The number of rotatable bonds is 7. The van der Waals surface area contributed by atoms with Gasteiger partial charge in [-0.3, -0.25) is 9.69 Å². The van der Waals surface area contributed by atoms with Crippen LogP contribution in [0.15, 0.2) is 36.7 Å². The monoisotopic (exact) mass is 428 g/mol. The number of benzene rings is 1.